The Balaban J connectivity index is 0.00000148. The van der Waals surface area contributed by atoms with Crippen molar-refractivity contribution in [3.05, 3.63) is 84.9 Å². The van der Waals surface area contributed by atoms with Gasteiger partial charge in [0.05, 0.1) is 0 Å². The fourth-order valence-corrected chi connectivity index (χ4v) is 3.17. The molecule has 32 heavy (non-hydrogen) atoms. The number of rotatable bonds is 8. The van der Waals surface area contributed by atoms with E-state index in [-0.39, 0.29) is 11.5 Å². The van der Waals surface area contributed by atoms with Crippen LogP contribution in [0.15, 0.2) is 84.9 Å². The van der Waals surface area contributed by atoms with E-state index in [1.54, 1.807) is 66.7 Å². The van der Waals surface area contributed by atoms with Crippen molar-refractivity contribution in [2.24, 2.45) is 0 Å². The molecule has 0 aromatic heterocycles. The van der Waals surface area contributed by atoms with Gasteiger partial charge in [-0.1, -0.05) is 84.0 Å². The van der Waals surface area contributed by atoms with Crippen molar-refractivity contribution in [1.29, 1.82) is 0 Å². The lowest BCUT2D eigenvalue weighted by Gasteiger charge is -1.96. The Morgan fingerprint density at radius 1 is 0.438 bits per heavy atom. The summed E-state index contributed by atoms with van der Waals surface area (Å²) in [7, 11) is -4.83. The van der Waals surface area contributed by atoms with Crippen LogP contribution >= 0.6 is 16.5 Å². The van der Waals surface area contributed by atoms with Crippen LogP contribution < -0.4 is 18.1 Å². The Bertz CT molecular complexity index is 819. The van der Waals surface area contributed by atoms with E-state index in [9.17, 15) is 9.13 Å². The number of benzene rings is 3. The van der Waals surface area contributed by atoms with E-state index in [0.717, 1.165) is 0 Å². The molecule has 0 heterocycles. The van der Waals surface area contributed by atoms with Crippen molar-refractivity contribution in [1.82, 2.24) is 0 Å². The van der Waals surface area contributed by atoms with Crippen LogP contribution in [0.5, 0.6) is 23.0 Å². The van der Waals surface area contributed by atoms with Crippen LogP contribution in [0.2, 0.25) is 0 Å². The number of hydrogen-bond donors (Lipinski definition) is 0. The summed E-state index contributed by atoms with van der Waals surface area (Å²) in [6, 6.07) is 23.6. The molecular formula is C24H32O6P2+2. The SMILES string of the molecule is CC.CC.CC.O=[P+](Oc1ccccc1)Oc1cccc(O[P+](=O)Oc2ccccc2)c1. The summed E-state index contributed by atoms with van der Waals surface area (Å²) in [5, 5.41) is 0. The van der Waals surface area contributed by atoms with Gasteiger partial charge in [-0.3, -0.25) is 0 Å². The van der Waals surface area contributed by atoms with Gasteiger partial charge in [0.15, 0.2) is 23.0 Å². The van der Waals surface area contributed by atoms with Crippen LogP contribution in [-0.2, 0) is 9.13 Å². The molecule has 2 atom stereocenters. The lowest BCUT2D eigenvalue weighted by molar-refractivity contribution is 0.409. The van der Waals surface area contributed by atoms with Crippen molar-refractivity contribution in [2.75, 3.05) is 0 Å². The van der Waals surface area contributed by atoms with Gasteiger partial charge >= 0.3 is 16.5 Å². The Hall–Kier alpha value is -2.94. The van der Waals surface area contributed by atoms with Gasteiger partial charge in [0, 0.05) is 15.2 Å². The quantitative estimate of drug-likeness (QED) is 0.301. The minimum absolute atomic E-state index is 0.252. The highest BCUT2D eigenvalue weighted by molar-refractivity contribution is 7.34. The summed E-state index contributed by atoms with van der Waals surface area (Å²) in [4.78, 5) is 0. The molecule has 0 aliphatic carbocycles. The highest BCUT2D eigenvalue weighted by atomic mass is 31.1. The van der Waals surface area contributed by atoms with Crippen LogP contribution in [-0.4, -0.2) is 0 Å². The van der Waals surface area contributed by atoms with Crippen molar-refractivity contribution in [3.63, 3.8) is 0 Å². The number of hydrogen-bond acceptors (Lipinski definition) is 6. The predicted molar refractivity (Wildman–Crippen MR) is 131 cm³/mol. The third-order valence-electron chi connectivity index (χ3n) is 3.01. The van der Waals surface area contributed by atoms with Crippen LogP contribution in [0.25, 0.3) is 0 Å². The molecule has 2 unspecified atom stereocenters. The summed E-state index contributed by atoms with van der Waals surface area (Å²) in [5.41, 5.74) is 0. The van der Waals surface area contributed by atoms with E-state index >= 15 is 0 Å². The van der Waals surface area contributed by atoms with Crippen molar-refractivity contribution in [2.45, 2.75) is 41.5 Å². The summed E-state index contributed by atoms with van der Waals surface area (Å²) in [6.45, 7) is 12.0. The van der Waals surface area contributed by atoms with E-state index in [4.69, 9.17) is 18.1 Å². The van der Waals surface area contributed by atoms with Crippen LogP contribution in [0.4, 0.5) is 0 Å². The topological polar surface area (TPSA) is 71.1 Å². The Kier molecular flexibility index (Phi) is 17.1. The minimum atomic E-state index is -2.42. The molecule has 0 spiro atoms. The highest BCUT2D eigenvalue weighted by Gasteiger charge is 2.27. The third-order valence-corrected chi connectivity index (χ3v) is 4.45. The molecule has 0 aliphatic rings. The van der Waals surface area contributed by atoms with Crippen LogP contribution in [0.3, 0.4) is 0 Å². The normalized spacial score (nSPS) is 9.69. The summed E-state index contributed by atoms with van der Waals surface area (Å²) in [5.74, 6) is 1.37. The van der Waals surface area contributed by atoms with Gasteiger partial charge in [0.25, 0.3) is 0 Å². The first-order chi connectivity index (χ1) is 15.7. The molecule has 0 saturated carbocycles. The van der Waals surface area contributed by atoms with Gasteiger partial charge in [-0.25, -0.2) is 18.1 Å². The maximum absolute atomic E-state index is 11.9. The van der Waals surface area contributed by atoms with Crippen LogP contribution in [0.1, 0.15) is 41.5 Å². The van der Waals surface area contributed by atoms with E-state index in [2.05, 4.69) is 0 Å². The van der Waals surface area contributed by atoms with E-state index < -0.39 is 16.5 Å². The predicted octanol–water partition coefficient (Wildman–Crippen LogP) is 9.00. The fraction of sp³-hybridized carbons (Fsp3) is 0.250. The van der Waals surface area contributed by atoms with E-state index in [1.807, 2.05) is 53.7 Å². The van der Waals surface area contributed by atoms with Crippen LogP contribution in [0, 0.1) is 0 Å². The fourth-order valence-electron chi connectivity index (χ4n) is 1.93. The van der Waals surface area contributed by atoms with Gasteiger partial charge in [0.2, 0.25) is 0 Å². The van der Waals surface area contributed by atoms with Crippen molar-refractivity contribution in [3.8, 4) is 23.0 Å². The first-order valence-electron chi connectivity index (χ1n) is 10.6. The molecule has 3 aromatic rings. The monoisotopic (exact) mass is 478 g/mol. The Morgan fingerprint density at radius 2 is 0.719 bits per heavy atom. The number of para-hydroxylation sites is 2. The molecule has 0 amide bonds. The molecule has 8 heteroatoms. The zero-order chi connectivity index (χ0) is 24.2. The van der Waals surface area contributed by atoms with Gasteiger partial charge < -0.3 is 0 Å². The smallest absolute Gasteiger partial charge is 0.222 e. The van der Waals surface area contributed by atoms with Crippen molar-refractivity contribution < 1.29 is 27.2 Å². The maximum Gasteiger partial charge on any atom is 0.805 e. The van der Waals surface area contributed by atoms with Gasteiger partial charge in [-0.05, 0) is 36.4 Å². The third kappa shape index (κ3) is 12.0. The summed E-state index contributed by atoms with van der Waals surface area (Å²) >= 11 is 0. The van der Waals surface area contributed by atoms with Gasteiger partial charge in [-0.15, -0.1) is 0 Å². The summed E-state index contributed by atoms with van der Waals surface area (Å²) < 4.78 is 44.7. The second-order valence-corrected chi connectivity index (χ2v) is 6.54. The average molecular weight is 478 g/mol. The highest BCUT2D eigenvalue weighted by Crippen LogP contribution is 2.35. The Morgan fingerprint density at radius 3 is 1.06 bits per heavy atom. The molecule has 0 bridgehead atoms. The lowest BCUT2D eigenvalue weighted by atomic mass is 10.3. The van der Waals surface area contributed by atoms with Gasteiger partial charge in [-0.2, -0.15) is 0 Å². The van der Waals surface area contributed by atoms with Gasteiger partial charge in [0.1, 0.15) is 0 Å². The van der Waals surface area contributed by atoms with E-state index in [0.29, 0.717) is 11.5 Å². The molecule has 6 nitrogen and oxygen atoms in total. The zero-order valence-corrected chi connectivity index (χ0v) is 21.2. The standard InChI is InChI=1S/C18H14O6P2.3C2H6/c19-25(21-15-8-3-1-4-9-15)23-17-12-7-13-18(14-17)24-26(20)22-16-10-5-2-6-11-16;3*1-2/h1-14H;3*1-2H3/q+2;;;. The van der Waals surface area contributed by atoms with E-state index in [1.165, 1.54) is 6.07 Å². The maximum atomic E-state index is 11.9. The molecule has 0 radical (unpaired) electrons. The van der Waals surface area contributed by atoms with Crippen molar-refractivity contribution >= 4 is 16.5 Å². The summed E-state index contributed by atoms with van der Waals surface area (Å²) in [6.07, 6.45) is 0. The average Bonchev–Trinajstić information content (AvgIpc) is 2.84. The molecular weight excluding hydrogens is 446 g/mol. The molecule has 0 saturated heterocycles. The zero-order valence-electron chi connectivity index (χ0n) is 19.4. The molecule has 3 rings (SSSR count). The first kappa shape index (κ1) is 29.1. The molecule has 172 valence electrons. The second-order valence-electron chi connectivity index (χ2n) is 4.91. The molecule has 0 N–H and O–H groups in total. The second kappa shape index (κ2) is 18.8. The largest absolute Gasteiger partial charge is 0.805 e. The molecule has 3 aromatic carbocycles. The molecule has 0 fully saturated rings. The first-order valence-corrected chi connectivity index (χ1v) is 12.7. The lowest BCUT2D eigenvalue weighted by Crippen LogP contribution is -1.91. The Labute approximate surface area is 193 Å². The molecule has 0 aliphatic heterocycles. The minimum Gasteiger partial charge on any atom is -0.222 e.